The van der Waals surface area contributed by atoms with Crippen molar-refractivity contribution in [3.63, 3.8) is 0 Å². The van der Waals surface area contributed by atoms with Gasteiger partial charge in [-0.15, -0.1) is 0 Å². The highest BCUT2D eigenvalue weighted by Gasteiger charge is 2.23. The molecule has 8 heteroatoms. The van der Waals surface area contributed by atoms with Crippen LogP contribution in [-0.2, 0) is 6.54 Å². The number of benzene rings is 2. The van der Waals surface area contributed by atoms with Crippen molar-refractivity contribution in [2.75, 3.05) is 43.0 Å². The largest absolute Gasteiger partial charge is 0.474 e. The summed E-state index contributed by atoms with van der Waals surface area (Å²) in [5.74, 6) is 1.64. The quantitative estimate of drug-likeness (QED) is 0.340. The predicted octanol–water partition coefficient (Wildman–Crippen LogP) is 5.37. The highest BCUT2D eigenvalue weighted by atomic mass is 16.5. The van der Waals surface area contributed by atoms with E-state index in [-0.39, 0.29) is 5.82 Å². The first-order valence-corrected chi connectivity index (χ1v) is 14.0. The molecule has 8 nitrogen and oxygen atoms in total. The number of nitrogens with one attached hydrogen (secondary N) is 1. The Labute approximate surface area is 235 Å². The molecule has 40 heavy (non-hydrogen) atoms. The van der Waals surface area contributed by atoms with E-state index in [0.29, 0.717) is 18.5 Å². The summed E-state index contributed by atoms with van der Waals surface area (Å²) in [6.07, 6.45) is 3.68. The summed E-state index contributed by atoms with van der Waals surface area (Å²) in [5, 5.41) is 12.5. The van der Waals surface area contributed by atoms with Gasteiger partial charge in [-0.25, -0.2) is 15.0 Å². The van der Waals surface area contributed by atoms with Crippen LogP contribution < -0.4 is 15.0 Å². The van der Waals surface area contributed by atoms with Crippen LogP contribution in [0.5, 0.6) is 5.88 Å². The Morgan fingerprint density at radius 1 is 0.975 bits per heavy atom. The summed E-state index contributed by atoms with van der Waals surface area (Å²) < 4.78 is 6.00. The number of hydrogen-bond acceptors (Lipinski definition) is 8. The topological polar surface area (TPSA) is 90.2 Å². The van der Waals surface area contributed by atoms with Crippen LogP contribution in [0.4, 0.5) is 11.5 Å². The molecule has 1 N–H and O–H groups in total. The Morgan fingerprint density at radius 2 is 1.77 bits per heavy atom. The molecule has 2 aromatic carbocycles. The lowest BCUT2D eigenvalue weighted by molar-refractivity contribution is 0.211. The standard InChI is InChI=1S/C32H33N7O/c1-2-39-18-19-40-32-28(39)20-27(24-6-4-3-5-7-24)31(37-32)25-10-8-23(9-11-25)22-38-16-13-26(14-17-38)35-29-12-15-34-30(21-33)36-29/h3-12,15,20,26H,2,13-14,16-19,22H2,1H3,(H,34,35,36). The Hall–Kier alpha value is -4.48. The zero-order valence-electron chi connectivity index (χ0n) is 22.8. The second-order valence-corrected chi connectivity index (χ2v) is 10.3. The molecule has 2 aromatic heterocycles. The Kier molecular flexibility index (Phi) is 7.56. The number of piperidine rings is 1. The molecule has 0 atom stereocenters. The average molecular weight is 532 g/mol. The first-order chi connectivity index (χ1) is 19.7. The molecule has 202 valence electrons. The fraction of sp³-hybridized carbons (Fsp3) is 0.312. The average Bonchev–Trinajstić information content (AvgIpc) is 3.02. The maximum absolute atomic E-state index is 9.04. The van der Waals surface area contributed by atoms with Gasteiger partial charge in [-0.1, -0.05) is 54.6 Å². The van der Waals surface area contributed by atoms with E-state index in [0.717, 1.165) is 79.5 Å². The number of fused-ring (bicyclic) bond motifs is 1. The van der Waals surface area contributed by atoms with E-state index in [2.05, 4.69) is 86.6 Å². The molecule has 2 aliphatic heterocycles. The number of nitrogens with zero attached hydrogens (tertiary/aromatic N) is 6. The van der Waals surface area contributed by atoms with Crippen LogP contribution in [0.25, 0.3) is 22.4 Å². The summed E-state index contributed by atoms with van der Waals surface area (Å²) in [6, 6.07) is 25.7. The van der Waals surface area contributed by atoms with Gasteiger partial charge in [-0.3, -0.25) is 4.90 Å². The van der Waals surface area contributed by atoms with Gasteiger partial charge in [-0.2, -0.15) is 5.26 Å². The lowest BCUT2D eigenvalue weighted by Gasteiger charge is -2.32. The fourth-order valence-electron chi connectivity index (χ4n) is 5.54. The molecular weight excluding hydrogens is 498 g/mol. The monoisotopic (exact) mass is 531 g/mol. The van der Waals surface area contributed by atoms with Crippen LogP contribution in [0.2, 0.25) is 0 Å². The second-order valence-electron chi connectivity index (χ2n) is 10.3. The molecule has 2 aliphatic rings. The Morgan fingerprint density at radius 3 is 2.52 bits per heavy atom. The lowest BCUT2D eigenvalue weighted by atomic mass is 9.97. The van der Waals surface area contributed by atoms with E-state index < -0.39 is 0 Å². The molecule has 0 bridgehead atoms. The van der Waals surface area contributed by atoms with Crippen molar-refractivity contribution in [3.05, 3.63) is 84.3 Å². The summed E-state index contributed by atoms with van der Waals surface area (Å²) in [5.41, 5.74) is 6.67. The molecule has 6 rings (SSSR count). The van der Waals surface area contributed by atoms with Gasteiger partial charge in [0.2, 0.25) is 11.7 Å². The third-order valence-electron chi connectivity index (χ3n) is 7.70. The minimum atomic E-state index is 0.197. The van der Waals surface area contributed by atoms with Crippen molar-refractivity contribution in [3.8, 4) is 34.3 Å². The molecule has 1 fully saturated rings. The van der Waals surface area contributed by atoms with E-state index in [4.69, 9.17) is 15.0 Å². The minimum absolute atomic E-state index is 0.197. The smallest absolute Gasteiger partial charge is 0.238 e. The van der Waals surface area contributed by atoms with Crippen LogP contribution in [-0.4, -0.2) is 58.7 Å². The first-order valence-electron chi connectivity index (χ1n) is 14.0. The second kappa shape index (κ2) is 11.7. The maximum atomic E-state index is 9.04. The Bertz CT molecular complexity index is 1490. The van der Waals surface area contributed by atoms with Crippen molar-refractivity contribution in [1.29, 1.82) is 5.26 Å². The van der Waals surface area contributed by atoms with Crippen LogP contribution in [0.3, 0.4) is 0 Å². The summed E-state index contributed by atoms with van der Waals surface area (Å²) >= 11 is 0. The zero-order chi connectivity index (χ0) is 27.3. The van der Waals surface area contributed by atoms with E-state index in [1.54, 1.807) is 6.20 Å². The van der Waals surface area contributed by atoms with Crippen molar-refractivity contribution in [2.45, 2.75) is 32.4 Å². The number of likely N-dealkylation sites (N-methyl/N-ethyl adjacent to an activating group) is 1. The van der Waals surface area contributed by atoms with Crippen molar-refractivity contribution in [2.24, 2.45) is 0 Å². The van der Waals surface area contributed by atoms with E-state index in [1.807, 2.05) is 18.2 Å². The molecule has 0 unspecified atom stereocenters. The van der Waals surface area contributed by atoms with Crippen molar-refractivity contribution in [1.82, 2.24) is 19.9 Å². The number of likely N-dealkylation sites (tertiary alicyclic amines) is 1. The van der Waals surface area contributed by atoms with Gasteiger partial charge in [0.1, 0.15) is 24.2 Å². The normalized spacial score (nSPS) is 15.7. The van der Waals surface area contributed by atoms with Gasteiger partial charge in [0, 0.05) is 49.5 Å². The maximum Gasteiger partial charge on any atom is 0.238 e. The summed E-state index contributed by atoms with van der Waals surface area (Å²) in [7, 11) is 0. The number of aromatic nitrogens is 3. The van der Waals surface area contributed by atoms with Gasteiger partial charge in [0.15, 0.2) is 0 Å². The predicted molar refractivity (Wildman–Crippen MR) is 157 cm³/mol. The number of pyridine rings is 1. The molecule has 0 radical (unpaired) electrons. The number of nitriles is 1. The Balaban J connectivity index is 1.16. The molecule has 1 saturated heterocycles. The van der Waals surface area contributed by atoms with Crippen LogP contribution in [0.1, 0.15) is 31.2 Å². The minimum Gasteiger partial charge on any atom is -0.474 e. The summed E-state index contributed by atoms with van der Waals surface area (Å²) in [6.45, 7) is 7.56. The van der Waals surface area contributed by atoms with E-state index >= 15 is 0 Å². The molecule has 0 amide bonds. The van der Waals surface area contributed by atoms with Gasteiger partial charge in [0.05, 0.1) is 12.2 Å². The third kappa shape index (κ3) is 5.61. The number of anilines is 2. The number of ether oxygens (including phenoxy) is 1. The third-order valence-corrected chi connectivity index (χ3v) is 7.70. The van der Waals surface area contributed by atoms with Gasteiger partial charge in [0.25, 0.3) is 0 Å². The molecule has 0 spiro atoms. The lowest BCUT2D eigenvalue weighted by Crippen LogP contribution is -2.38. The van der Waals surface area contributed by atoms with Gasteiger partial charge >= 0.3 is 0 Å². The highest BCUT2D eigenvalue weighted by molar-refractivity contribution is 5.85. The number of rotatable bonds is 7. The molecular formula is C32H33N7O. The number of hydrogen-bond donors (Lipinski definition) is 1. The van der Waals surface area contributed by atoms with Gasteiger partial charge in [-0.05, 0) is 43.0 Å². The van der Waals surface area contributed by atoms with E-state index in [9.17, 15) is 0 Å². The highest BCUT2D eigenvalue weighted by Crippen LogP contribution is 2.40. The SMILES string of the molecule is CCN1CCOc2nc(-c3ccc(CN4CCC(Nc5ccnc(C#N)n5)CC4)cc3)c(-c3ccccc3)cc21. The zero-order valence-corrected chi connectivity index (χ0v) is 22.8. The molecule has 4 aromatic rings. The fourth-order valence-corrected chi connectivity index (χ4v) is 5.54. The van der Waals surface area contributed by atoms with Crippen LogP contribution >= 0.6 is 0 Å². The summed E-state index contributed by atoms with van der Waals surface area (Å²) in [4.78, 5) is 18.1. The van der Waals surface area contributed by atoms with Crippen molar-refractivity contribution >= 4 is 11.5 Å². The van der Waals surface area contributed by atoms with Gasteiger partial charge < -0.3 is 15.0 Å². The van der Waals surface area contributed by atoms with Crippen molar-refractivity contribution < 1.29 is 4.74 Å². The van der Waals surface area contributed by atoms with E-state index in [1.165, 1.54) is 5.56 Å². The molecule has 4 heterocycles. The molecule has 0 aliphatic carbocycles. The first kappa shape index (κ1) is 25.8. The van der Waals surface area contributed by atoms with Crippen LogP contribution in [0.15, 0.2) is 72.9 Å². The van der Waals surface area contributed by atoms with Crippen LogP contribution in [0, 0.1) is 11.3 Å². The molecule has 0 saturated carbocycles.